The molecule has 150 valence electrons. The Bertz CT molecular complexity index is 757. The quantitative estimate of drug-likeness (QED) is 0.426. The highest BCUT2D eigenvalue weighted by Crippen LogP contribution is 2.21. The Kier molecular flexibility index (Phi) is 8.28. The van der Waals surface area contributed by atoms with Crippen molar-refractivity contribution >= 4 is 11.9 Å². The van der Waals surface area contributed by atoms with Gasteiger partial charge in [0, 0.05) is 19.4 Å². The van der Waals surface area contributed by atoms with E-state index in [-0.39, 0.29) is 23.8 Å². The van der Waals surface area contributed by atoms with E-state index in [1.54, 1.807) is 25.1 Å². The lowest BCUT2D eigenvalue weighted by molar-refractivity contribution is -0.128. The zero-order valence-electron chi connectivity index (χ0n) is 16.9. The normalized spacial score (nSPS) is 18.6. The van der Waals surface area contributed by atoms with E-state index < -0.39 is 6.10 Å². The summed E-state index contributed by atoms with van der Waals surface area (Å²) < 4.78 is 4.70. The Morgan fingerprint density at radius 3 is 2.75 bits per heavy atom. The average Bonchev–Trinajstić information content (AvgIpc) is 3.07. The second-order valence-electron chi connectivity index (χ2n) is 7.12. The highest BCUT2D eigenvalue weighted by molar-refractivity contribution is 5.89. The smallest absolute Gasteiger partial charge is 0.337 e. The average molecular weight is 383 g/mol. The fraction of sp³-hybridized carbons (Fsp3) is 0.478. The molecule has 0 bridgehead atoms. The molecule has 0 radical (unpaired) electrons. The lowest BCUT2D eigenvalue weighted by atomic mass is 10.00. The number of benzene rings is 1. The lowest BCUT2D eigenvalue weighted by Gasteiger charge is -2.23. The molecule has 2 rings (SSSR count). The van der Waals surface area contributed by atoms with Crippen LogP contribution in [-0.4, -0.2) is 47.7 Å². The highest BCUT2D eigenvalue weighted by atomic mass is 16.5. The van der Waals surface area contributed by atoms with Crippen LogP contribution in [0.15, 0.2) is 36.4 Å². The molecule has 28 heavy (non-hydrogen) atoms. The van der Waals surface area contributed by atoms with Crippen LogP contribution in [0.4, 0.5) is 0 Å². The maximum absolute atomic E-state index is 12.3. The molecule has 5 heteroatoms. The third kappa shape index (κ3) is 5.97. The minimum atomic E-state index is -0.565. The van der Waals surface area contributed by atoms with Crippen molar-refractivity contribution < 1.29 is 19.4 Å². The van der Waals surface area contributed by atoms with Crippen LogP contribution in [0.5, 0.6) is 0 Å². The highest BCUT2D eigenvalue weighted by Gasteiger charge is 2.28. The zero-order chi connectivity index (χ0) is 20.5. The van der Waals surface area contributed by atoms with E-state index in [2.05, 4.69) is 11.8 Å². The van der Waals surface area contributed by atoms with Gasteiger partial charge in [0.2, 0.25) is 5.91 Å². The first-order chi connectivity index (χ1) is 13.5. The van der Waals surface area contributed by atoms with Crippen LogP contribution in [0.1, 0.15) is 49.0 Å². The van der Waals surface area contributed by atoms with Crippen LogP contribution in [0.3, 0.4) is 0 Å². The Morgan fingerprint density at radius 1 is 1.39 bits per heavy atom. The minimum Gasteiger partial charge on any atom is -0.465 e. The van der Waals surface area contributed by atoms with Gasteiger partial charge >= 0.3 is 5.97 Å². The lowest BCUT2D eigenvalue weighted by Crippen LogP contribution is -2.34. The molecule has 1 heterocycles. The van der Waals surface area contributed by atoms with Crippen LogP contribution in [0, 0.1) is 17.8 Å². The number of ether oxygens (including phenoxy) is 1. The third-order valence-corrected chi connectivity index (χ3v) is 5.11. The van der Waals surface area contributed by atoms with Crippen LogP contribution in [0.25, 0.3) is 0 Å². The van der Waals surface area contributed by atoms with Crippen molar-refractivity contribution in [2.75, 3.05) is 13.7 Å². The summed E-state index contributed by atoms with van der Waals surface area (Å²) in [6.45, 7) is 4.37. The predicted octanol–water partition coefficient (Wildman–Crippen LogP) is 2.97. The van der Waals surface area contributed by atoms with Crippen molar-refractivity contribution in [1.82, 2.24) is 4.90 Å². The van der Waals surface area contributed by atoms with Crippen molar-refractivity contribution in [3.63, 3.8) is 0 Å². The van der Waals surface area contributed by atoms with E-state index in [1.807, 2.05) is 30.0 Å². The Hall–Kier alpha value is -2.58. The third-order valence-electron chi connectivity index (χ3n) is 5.11. The standard InChI is InChI=1S/C23H29NO4/c1-4-5-6-17(2)21(25)13-11-20-12-14-22(26)24(20)16-15-18-7-9-19(10-8-18)23(27)28-3/h7-11,13,17,20-21,25H,6,12,14-16H2,1-3H3/b13-11+/t17-,20-,21+/m0/s1. The Labute approximate surface area is 167 Å². The molecule has 5 nitrogen and oxygen atoms in total. The predicted molar refractivity (Wildman–Crippen MR) is 109 cm³/mol. The van der Waals surface area contributed by atoms with Gasteiger partial charge in [-0.15, -0.1) is 11.8 Å². The summed E-state index contributed by atoms with van der Waals surface area (Å²) in [4.78, 5) is 25.6. The second kappa shape index (κ2) is 10.7. The van der Waals surface area contributed by atoms with Crippen molar-refractivity contribution in [3.05, 3.63) is 47.5 Å². The number of aliphatic hydroxyl groups excluding tert-OH is 1. The summed E-state index contributed by atoms with van der Waals surface area (Å²) in [5.41, 5.74) is 1.57. The summed E-state index contributed by atoms with van der Waals surface area (Å²) in [6, 6.07) is 7.26. The largest absolute Gasteiger partial charge is 0.465 e. The van der Waals surface area contributed by atoms with E-state index >= 15 is 0 Å². The SMILES string of the molecule is CC#CC[C@H](C)[C@H](O)/C=C/[C@H]1CCC(=O)N1CCc1ccc(C(=O)OC)cc1. The monoisotopic (exact) mass is 383 g/mol. The van der Waals surface area contributed by atoms with Gasteiger partial charge in [-0.05, 0) is 43.4 Å². The molecule has 0 unspecified atom stereocenters. The first kappa shape index (κ1) is 21.7. The minimum absolute atomic E-state index is 0.0148. The van der Waals surface area contributed by atoms with Gasteiger partial charge in [0.25, 0.3) is 0 Å². The van der Waals surface area contributed by atoms with E-state index in [4.69, 9.17) is 4.74 Å². The molecule has 1 aromatic carbocycles. The molecule has 1 N–H and O–H groups in total. The van der Waals surface area contributed by atoms with Gasteiger partial charge < -0.3 is 14.7 Å². The van der Waals surface area contributed by atoms with Crippen molar-refractivity contribution in [2.24, 2.45) is 5.92 Å². The number of esters is 1. The first-order valence-electron chi connectivity index (χ1n) is 9.69. The topological polar surface area (TPSA) is 66.8 Å². The van der Waals surface area contributed by atoms with Crippen molar-refractivity contribution in [1.29, 1.82) is 0 Å². The summed E-state index contributed by atoms with van der Waals surface area (Å²) in [5.74, 6) is 5.67. The number of nitrogens with zero attached hydrogens (tertiary/aromatic N) is 1. The van der Waals surface area contributed by atoms with Gasteiger partial charge in [-0.25, -0.2) is 4.79 Å². The van der Waals surface area contributed by atoms with Gasteiger partial charge in [0.1, 0.15) is 0 Å². The molecule has 1 aliphatic heterocycles. The number of likely N-dealkylation sites (tertiary alicyclic amines) is 1. The summed E-state index contributed by atoms with van der Waals surface area (Å²) in [5, 5.41) is 10.3. The first-order valence-corrected chi connectivity index (χ1v) is 9.69. The molecule has 1 aliphatic rings. The number of aliphatic hydroxyl groups is 1. The number of rotatable bonds is 8. The number of amides is 1. The Morgan fingerprint density at radius 2 is 2.11 bits per heavy atom. The number of carbonyl (C=O) groups is 2. The molecular formula is C23H29NO4. The van der Waals surface area contributed by atoms with Gasteiger partial charge in [0.15, 0.2) is 0 Å². The van der Waals surface area contributed by atoms with Crippen LogP contribution in [0.2, 0.25) is 0 Å². The number of methoxy groups -OCH3 is 1. The van der Waals surface area contributed by atoms with E-state index in [0.29, 0.717) is 31.4 Å². The van der Waals surface area contributed by atoms with Crippen molar-refractivity contribution in [3.8, 4) is 11.8 Å². The second-order valence-corrected chi connectivity index (χ2v) is 7.12. The summed E-state index contributed by atoms with van der Waals surface area (Å²) in [7, 11) is 1.36. The fourth-order valence-electron chi connectivity index (χ4n) is 3.24. The summed E-state index contributed by atoms with van der Waals surface area (Å²) in [6.07, 6.45) is 5.84. The van der Waals surface area contributed by atoms with Gasteiger partial charge in [0.05, 0.1) is 24.8 Å². The van der Waals surface area contributed by atoms with Gasteiger partial charge in [-0.3, -0.25) is 4.79 Å². The zero-order valence-corrected chi connectivity index (χ0v) is 16.9. The molecule has 1 fully saturated rings. The van der Waals surface area contributed by atoms with Crippen LogP contribution < -0.4 is 0 Å². The van der Waals surface area contributed by atoms with Gasteiger partial charge in [-0.2, -0.15) is 0 Å². The fourth-order valence-corrected chi connectivity index (χ4v) is 3.24. The van der Waals surface area contributed by atoms with Crippen LogP contribution >= 0.6 is 0 Å². The Balaban J connectivity index is 1.93. The summed E-state index contributed by atoms with van der Waals surface area (Å²) >= 11 is 0. The maximum atomic E-state index is 12.3. The maximum Gasteiger partial charge on any atom is 0.337 e. The number of carbonyl (C=O) groups excluding carboxylic acids is 2. The number of hydrogen-bond donors (Lipinski definition) is 1. The molecule has 0 aliphatic carbocycles. The molecule has 1 amide bonds. The van der Waals surface area contributed by atoms with Crippen molar-refractivity contribution in [2.45, 2.75) is 51.7 Å². The molecule has 3 atom stereocenters. The van der Waals surface area contributed by atoms with E-state index in [1.165, 1.54) is 7.11 Å². The molecule has 0 spiro atoms. The molecule has 1 aromatic rings. The number of hydrogen-bond acceptors (Lipinski definition) is 4. The van der Waals surface area contributed by atoms with E-state index in [0.717, 1.165) is 12.0 Å². The molecule has 0 saturated carbocycles. The molecule has 1 saturated heterocycles. The van der Waals surface area contributed by atoms with Crippen LogP contribution in [-0.2, 0) is 16.0 Å². The van der Waals surface area contributed by atoms with Gasteiger partial charge in [-0.1, -0.05) is 31.2 Å². The molecular weight excluding hydrogens is 354 g/mol. The molecule has 0 aromatic heterocycles. The van der Waals surface area contributed by atoms with E-state index in [9.17, 15) is 14.7 Å².